The molecular formula is C32H57F7NO6+. The molecule has 0 aliphatic heterocycles. The molecule has 0 saturated carbocycles. The lowest BCUT2D eigenvalue weighted by atomic mass is 10.0. The molecule has 0 amide bonds. The molecule has 0 aromatic carbocycles. The summed E-state index contributed by atoms with van der Waals surface area (Å²) < 4.78 is 112. The molecule has 0 bridgehead atoms. The molecule has 274 valence electrons. The van der Waals surface area contributed by atoms with E-state index >= 15 is 0 Å². The van der Waals surface area contributed by atoms with Gasteiger partial charge < -0.3 is 23.4 Å². The Morgan fingerprint density at radius 2 is 1.09 bits per heavy atom. The van der Waals surface area contributed by atoms with Crippen LogP contribution in [0.3, 0.4) is 0 Å². The highest BCUT2D eigenvalue weighted by atomic mass is 19.4. The zero-order valence-electron chi connectivity index (χ0n) is 28.2. The lowest BCUT2D eigenvalue weighted by Crippen LogP contribution is -2.51. The average molecular weight is 685 g/mol. The van der Waals surface area contributed by atoms with Gasteiger partial charge in [0.1, 0.15) is 18.7 Å². The fourth-order valence-corrected chi connectivity index (χ4v) is 4.38. The van der Waals surface area contributed by atoms with Gasteiger partial charge in [-0.25, -0.2) is 0 Å². The predicted octanol–water partition coefficient (Wildman–Crippen LogP) is 8.28. The van der Waals surface area contributed by atoms with Crippen molar-refractivity contribution in [2.45, 2.75) is 134 Å². The number of rotatable bonds is 30. The summed E-state index contributed by atoms with van der Waals surface area (Å²) in [6.07, 6.45) is 1.32. The van der Waals surface area contributed by atoms with E-state index in [2.05, 4.69) is 21.1 Å². The zero-order valence-corrected chi connectivity index (χ0v) is 28.2. The number of nitrogens with zero attached hydrogens (tertiary/aromatic N) is 1. The lowest BCUT2D eigenvalue weighted by molar-refractivity contribution is -0.870. The fraction of sp³-hybridized carbons (Fsp3) is 0.938. The Bertz CT molecular complexity index is 807. The summed E-state index contributed by atoms with van der Waals surface area (Å²) in [6.45, 7) is 4.46. The maximum atomic E-state index is 13.3. The number of alkyl halides is 7. The molecule has 46 heavy (non-hydrogen) atoms. The van der Waals surface area contributed by atoms with Gasteiger partial charge in [-0.05, 0) is 19.8 Å². The van der Waals surface area contributed by atoms with Crippen LogP contribution < -0.4 is 0 Å². The van der Waals surface area contributed by atoms with Crippen molar-refractivity contribution in [3.63, 3.8) is 0 Å². The molecule has 14 heteroatoms. The highest BCUT2D eigenvalue weighted by Gasteiger charge is 2.72. The van der Waals surface area contributed by atoms with Crippen molar-refractivity contribution in [3.8, 4) is 0 Å². The van der Waals surface area contributed by atoms with E-state index in [0.29, 0.717) is 45.9 Å². The van der Waals surface area contributed by atoms with E-state index in [1.165, 1.54) is 6.92 Å². The van der Waals surface area contributed by atoms with Crippen molar-refractivity contribution in [2.75, 3.05) is 60.7 Å². The first-order valence-electron chi connectivity index (χ1n) is 16.5. The Morgan fingerprint density at radius 1 is 0.630 bits per heavy atom. The van der Waals surface area contributed by atoms with Crippen LogP contribution in [0.5, 0.6) is 0 Å². The smallest absolute Gasteiger partial charge is 0.435 e. The first-order valence-corrected chi connectivity index (χ1v) is 16.5. The van der Waals surface area contributed by atoms with Crippen LogP contribution in [0.25, 0.3) is 0 Å². The third kappa shape index (κ3) is 22.9. The van der Waals surface area contributed by atoms with E-state index in [4.69, 9.17) is 18.9 Å². The molecule has 0 aliphatic carbocycles. The first-order chi connectivity index (χ1) is 21.4. The SMILES string of the molecule is CC(=O)CC(=O)OC(CCOCCOCC[N+](C)(C)C)OCCCCCCCCCCCCCCCC(F)(F)C(F)(F)C(F)(F)F. The summed E-state index contributed by atoms with van der Waals surface area (Å²) in [5.74, 6) is -12.0. The van der Waals surface area contributed by atoms with Crippen molar-refractivity contribution in [1.29, 1.82) is 0 Å². The molecule has 0 rings (SSSR count). The minimum Gasteiger partial charge on any atom is -0.435 e. The minimum atomic E-state index is -6.26. The van der Waals surface area contributed by atoms with Gasteiger partial charge >= 0.3 is 24.0 Å². The Morgan fingerprint density at radius 3 is 1.54 bits per heavy atom. The number of hydrogen-bond acceptors (Lipinski definition) is 6. The average Bonchev–Trinajstić information content (AvgIpc) is 2.92. The quantitative estimate of drug-likeness (QED) is 0.0190. The summed E-state index contributed by atoms with van der Waals surface area (Å²) in [4.78, 5) is 23.2. The molecular weight excluding hydrogens is 627 g/mol. The van der Waals surface area contributed by atoms with Gasteiger partial charge in [0.15, 0.2) is 0 Å². The molecule has 7 nitrogen and oxygen atoms in total. The van der Waals surface area contributed by atoms with Gasteiger partial charge in [0.25, 0.3) is 0 Å². The summed E-state index contributed by atoms with van der Waals surface area (Å²) in [5.41, 5.74) is 0. The van der Waals surface area contributed by atoms with Gasteiger partial charge in [-0.1, -0.05) is 70.6 Å². The number of Topliss-reactive ketones (excluding diaryl/α,β-unsaturated/α-hetero) is 1. The number of esters is 1. The number of halogens is 7. The zero-order chi connectivity index (χ0) is 35.1. The normalized spacial score (nSPS) is 13.6. The van der Waals surface area contributed by atoms with Crippen LogP contribution in [0.4, 0.5) is 30.7 Å². The molecule has 0 aromatic heterocycles. The van der Waals surface area contributed by atoms with Crippen molar-refractivity contribution in [1.82, 2.24) is 0 Å². The van der Waals surface area contributed by atoms with Crippen LogP contribution in [-0.2, 0) is 28.5 Å². The van der Waals surface area contributed by atoms with Crippen molar-refractivity contribution < 1.29 is 63.8 Å². The summed E-state index contributed by atoms with van der Waals surface area (Å²) in [7, 11) is 6.26. The lowest BCUT2D eigenvalue weighted by Gasteiger charge is -2.28. The highest BCUT2D eigenvalue weighted by molar-refractivity contribution is 5.94. The molecule has 1 atom stereocenters. The van der Waals surface area contributed by atoms with Crippen LogP contribution in [0.15, 0.2) is 0 Å². The number of quaternary nitrogens is 1. The third-order valence-electron chi connectivity index (χ3n) is 7.19. The van der Waals surface area contributed by atoms with E-state index in [1.807, 2.05) is 0 Å². The molecule has 0 fully saturated rings. The van der Waals surface area contributed by atoms with E-state index < -0.39 is 36.7 Å². The van der Waals surface area contributed by atoms with E-state index in [9.17, 15) is 40.3 Å². The number of likely N-dealkylation sites (N-methyl/N-ethyl adjacent to an activating group) is 1. The topological polar surface area (TPSA) is 71.1 Å². The van der Waals surface area contributed by atoms with Gasteiger partial charge in [0, 0.05) is 12.8 Å². The molecule has 0 N–H and O–H groups in total. The molecule has 0 aliphatic rings. The maximum Gasteiger partial charge on any atom is 0.459 e. The van der Waals surface area contributed by atoms with Gasteiger partial charge in [-0.15, -0.1) is 0 Å². The fourth-order valence-electron chi connectivity index (χ4n) is 4.38. The summed E-state index contributed by atoms with van der Waals surface area (Å²) in [6, 6.07) is 0. The van der Waals surface area contributed by atoms with Gasteiger partial charge in [-0.2, -0.15) is 30.7 Å². The maximum absolute atomic E-state index is 13.3. The number of carbonyl (C=O) groups excluding carboxylic acids is 2. The summed E-state index contributed by atoms with van der Waals surface area (Å²) in [5, 5.41) is 0. The van der Waals surface area contributed by atoms with Crippen LogP contribution in [0, 0.1) is 0 Å². The van der Waals surface area contributed by atoms with Gasteiger partial charge in [0.2, 0.25) is 6.29 Å². The highest BCUT2D eigenvalue weighted by Crippen LogP contribution is 2.48. The molecule has 0 saturated heterocycles. The molecule has 1 unspecified atom stereocenters. The van der Waals surface area contributed by atoms with E-state index in [1.54, 1.807) is 0 Å². The van der Waals surface area contributed by atoms with Crippen molar-refractivity contribution >= 4 is 11.8 Å². The Labute approximate surface area is 270 Å². The van der Waals surface area contributed by atoms with Gasteiger partial charge in [-0.3, -0.25) is 9.59 Å². The molecule has 0 radical (unpaired) electrons. The second kappa shape index (κ2) is 23.8. The predicted molar refractivity (Wildman–Crippen MR) is 161 cm³/mol. The number of carbonyl (C=O) groups is 2. The third-order valence-corrected chi connectivity index (χ3v) is 7.19. The second-order valence-electron chi connectivity index (χ2n) is 12.8. The van der Waals surface area contributed by atoms with Crippen molar-refractivity contribution in [3.05, 3.63) is 0 Å². The monoisotopic (exact) mass is 684 g/mol. The standard InChI is InChI=1S/C32H57F7NO6/c1-27(41)26-28(42)46-29(18-22-43-24-25-44-23-20-40(2,3)4)45-21-17-15-13-11-9-7-5-6-8-10-12-14-16-19-30(33,34)31(35,36)32(37,38)39/h29H,5-26H2,1-4H3/q+1. The van der Waals surface area contributed by atoms with Crippen LogP contribution in [0.2, 0.25) is 0 Å². The number of ketones is 1. The van der Waals surface area contributed by atoms with Crippen LogP contribution in [0.1, 0.15) is 110 Å². The number of ether oxygens (including phenoxy) is 4. The molecule has 0 spiro atoms. The summed E-state index contributed by atoms with van der Waals surface area (Å²) >= 11 is 0. The number of hydrogen-bond donors (Lipinski definition) is 0. The number of unbranched alkanes of at least 4 members (excludes halogenated alkanes) is 12. The Balaban J connectivity index is 3.89. The largest absolute Gasteiger partial charge is 0.459 e. The molecule has 0 aromatic rings. The van der Waals surface area contributed by atoms with Crippen molar-refractivity contribution in [2.24, 2.45) is 0 Å². The van der Waals surface area contributed by atoms with Gasteiger partial charge in [0.05, 0.1) is 54.2 Å². The van der Waals surface area contributed by atoms with Crippen LogP contribution >= 0.6 is 0 Å². The Hall–Kier alpha value is -1.51. The second-order valence-corrected chi connectivity index (χ2v) is 12.8. The molecule has 0 heterocycles. The van der Waals surface area contributed by atoms with E-state index in [-0.39, 0.29) is 25.0 Å². The first kappa shape index (κ1) is 44.5. The Kier molecular flexibility index (Phi) is 23.0. The van der Waals surface area contributed by atoms with Crippen LogP contribution in [-0.4, -0.2) is 101 Å². The minimum absolute atomic E-state index is 0.190. The van der Waals surface area contributed by atoms with E-state index in [0.717, 1.165) is 75.2 Å².